The van der Waals surface area contributed by atoms with Crippen LogP contribution in [0.2, 0.25) is 0 Å². The summed E-state index contributed by atoms with van der Waals surface area (Å²) in [5.74, 6) is 0.843. The van der Waals surface area contributed by atoms with E-state index in [4.69, 9.17) is 9.47 Å². The molecule has 1 fully saturated rings. The number of nitrogens with one attached hydrogen (secondary N) is 3. The number of hydrogen-bond acceptors (Lipinski definition) is 4. The maximum absolute atomic E-state index is 5.64. The van der Waals surface area contributed by atoms with Gasteiger partial charge < -0.3 is 25.4 Å². The number of rotatable bonds is 9. The second-order valence-electron chi connectivity index (χ2n) is 5.83. The lowest BCUT2D eigenvalue weighted by molar-refractivity contribution is 0.114. The summed E-state index contributed by atoms with van der Waals surface area (Å²) in [6.45, 7) is 6.78. The van der Waals surface area contributed by atoms with Crippen LogP contribution in [0, 0.1) is 0 Å². The van der Waals surface area contributed by atoms with E-state index in [-0.39, 0.29) is 0 Å². The van der Waals surface area contributed by atoms with Crippen molar-refractivity contribution in [3.05, 3.63) is 29.8 Å². The van der Waals surface area contributed by atoms with Crippen molar-refractivity contribution in [2.24, 2.45) is 4.99 Å². The van der Waals surface area contributed by atoms with Gasteiger partial charge in [-0.3, -0.25) is 0 Å². The van der Waals surface area contributed by atoms with Gasteiger partial charge in [0.15, 0.2) is 5.96 Å². The van der Waals surface area contributed by atoms with Gasteiger partial charge in [-0.1, -0.05) is 12.1 Å². The fourth-order valence-corrected chi connectivity index (χ4v) is 2.55. The maximum atomic E-state index is 5.64. The van der Waals surface area contributed by atoms with Gasteiger partial charge in [0.05, 0.1) is 19.3 Å². The predicted molar refractivity (Wildman–Crippen MR) is 98.6 cm³/mol. The first-order valence-electron chi connectivity index (χ1n) is 8.77. The van der Waals surface area contributed by atoms with E-state index in [0.717, 1.165) is 50.7 Å². The molecule has 3 N–H and O–H groups in total. The highest BCUT2D eigenvalue weighted by Crippen LogP contribution is 2.11. The molecule has 24 heavy (non-hydrogen) atoms. The van der Waals surface area contributed by atoms with Gasteiger partial charge in [0.2, 0.25) is 0 Å². The molecule has 1 saturated heterocycles. The van der Waals surface area contributed by atoms with E-state index >= 15 is 0 Å². The van der Waals surface area contributed by atoms with E-state index in [1.165, 1.54) is 5.56 Å². The van der Waals surface area contributed by atoms with Crippen LogP contribution in [0.1, 0.15) is 25.3 Å². The average Bonchev–Trinajstić information content (AvgIpc) is 3.12. The molecule has 1 unspecified atom stereocenters. The summed E-state index contributed by atoms with van der Waals surface area (Å²) < 4.78 is 10.7. The first-order valence-corrected chi connectivity index (χ1v) is 8.77. The van der Waals surface area contributed by atoms with Gasteiger partial charge in [-0.15, -0.1) is 0 Å². The Bertz CT molecular complexity index is 484. The monoisotopic (exact) mass is 334 g/mol. The first-order chi connectivity index (χ1) is 11.8. The topological polar surface area (TPSA) is 66.9 Å². The van der Waals surface area contributed by atoms with Crippen LogP contribution in [0.15, 0.2) is 29.3 Å². The summed E-state index contributed by atoms with van der Waals surface area (Å²) in [7, 11) is 1.71. The van der Waals surface area contributed by atoms with Gasteiger partial charge in [-0.2, -0.15) is 0 Å². The Balaban J connectivity index is 1.80. The van der Waals surface area contributed by atoms with Crippen molar-refractivity contribution in [1.29, 1.82) is 0 Å². The van der Waals surface area contributed by atoms with Crippen molar-refractivity contribution in [3.63, 3.8) is 0 Å². The number of benzene rings is 1. The number of hydrogen-bond donors (Lipinski definition) is 3. The molecule has 1 aliphatic heterocycles. The SMILES string of the molecule is CCNC(=NCc1ccc(NCCOC)cc1)NCC1CCCO1. The predicted octanol–water partition coefficient (Wildman–Crippen LogP) is 1.98. The van der Waals surface area contributed by atoms with Gasteiger partial charge in [0, 0.05) is 39.0 Å². The molecule has 134 valence electrons. The highest BCUT2D eigenvalue weighted by atomic mass is 16.5. The lowest BCUT2D eigenvalue weighted by Gasteiger charge is -2.14. The van der Waals surface area contributed by atoms with Crippen LogP contribution in [-0.4, -0.2) is 52.0 Å². The molecule has 0 spiro atoms. The molecule has 0 radical (unpaired) electrons. The van der Waals surface area contributed by atoms with Gasteiger partial charge >= 0.3 is 0 Å². The van der Waals surface area contributed by atoms with Crippen LogP contribution >= 0.6 is 0 Å². The summed E-state index contributed by atoms with van der Waals surface area (Å²) in [6, 6.07) is 8.35. The smallest absolute Gasteiger partial charge is 0.191 e. The quantitative estimate of drug-likeness (QED) is 0.366. The van der Waals surface area contributed by atoms with E-state index in [1.807, 2.05) is 0 Å². The maximum Gasteiger partial charge on any atom is 0.191 e. The third-order valence-corrected chi connectivity index (χ3v) is 3.87. The highest BCUT2D eigenvalue weighted by molar-refractivity contribution is 5.79. The molecule has 1 aromatic carbocycles. The minimum atomic E-state index is 0.311. The van der Waals surface area contributed by atoms with Crippen LogP contribution in [0.25, 0.3) is 0 Å². The van der Waals surface area contributed by atoms with Crippen LogP contribution in [-0.2, 0) is 16.0 Å². The summed E-state index contributed by atoms with van der Waals surface area (Å²) in [4.78, 5) is 4.65. The van der Waals surface area contributed by atoms with Crippen LogP contribution < -0.4 is 16.0 Å². The van der Waals surface area contributed by atoms with Crippen LogP contribution in [0.3, 0.4) is 0 Å². The molecule has 0 bridgehead atoms. The minimum absolute atomic E-state index is 0.311. The summed E-state index contributed by atoms with van der Waals surface area (Å²) in [5.41, 5.74) is 2.28. The zero-order valence-electron chi connectivity index (χ0n) is 14.8. The molecule has 0 aliphatic carbocycles. The van der Waals surface area contributed by atoms with Gasteiger partial charge in [0.25, 0.3) is 0 Å². The Kier molecular flexibility index (Phi) is 8.41. The Morgan fingerprint density at radius 3 is 2.79 bits per heavy atom. The standard InChI is InChI=1S/C18H30N4O2/c1-3-19-18(22-14-17-5-4-11-24-17)21-13-15-6-8-16(9-7-15)20-10-12-23-2/h6-9,17,20H,3-5,10-14H2,1-2H3,(H2,19,21,22). The summed E-state index contributed by atoms with van der Waals surface area (Å²) in [5, 5.41) is 9.96. The number of ether oxygens (including phenoxy) is 2. The molecule has 0 saturated carbocycles. The molecule has 1 aliphatic rings. The number of anilines is 1. The van der Waals surface area contributed by atoms with E-state index in [2.05, 4.69) is 52.1 Å². The fourth-order valence-electron chi connectivity index (χ4n) is 2.55. The van der Waals surface area contributed by atoms with Gasteiger partial charge in [0.1, 0.15) is 0 Å². The Labute approximate surface area is 145 Å². The molecular weight excluding hydrogens is 304 g/mol. The van der Waals surface area contributed by atoms with E-state index in [1.54, 1.807) is 7.11 Å². The lowest BCUT2D eigenvalue weighted by atomic mass is 10.2. The Hall–Kier alpha value is -1.79. The number of aliphatic imine (C=N–C) groups is 1. The second kappa shape index (κ2) is 10.9. The fraction of sp³-hybridized carbons (Fsp3) is 0.611. The highest BCUT2D eigenvalue weighted by Gasteiger charge is 2.15. The molecular formula is C18H30N4O2. The van der Waals surface area contributed by atoms with Gasteiger partial charge in [-0.25, -0.2) is 4.99 Å². The first kappa shape index (κ1) is 18.5. The molecule has 1 aromatic rings. The van der Waals surface area contributed by atoms with Crippen molar-refractivity contribution in [3.8, 4) is 0 Å². The normalized spacial score (nSPS) is 17.8. The summed E-state index contributed by atoms with van der Waals surface area (Å²) in [6.07, 6.45) is 2.60. The summed E-state index contributed by atoms with van der Waals surface area (Å²) >= 11 is 0. The van der Waals surface area contributed by atoms with Crippen LogP contribution in [0.4, 0.5) is 5.69 Å². The van der Waals surface area contributed by atoms with E-state index in [9.17, 15) is 0 Å². The molecule has 1 heterocycles. The van der Waals surface area contributed by atoms with Crippen molar-refractivity contribution < 1.29 is 9.47 Å². The Morgan fingerprint density at radius 1 is 1.29 bits per heavy atom. The zero-order chi connectivity index (χ0) is 17.0. The molecule has 2 rings (SSSR count). The number of methoxy groups -OCH3 is 1. The third-order valence-electron chi connectivity index (χ3n) is 3.87. The average molecular weight is 334 g/mol. The molecule has 1 atom stereocenters. The van der Waals surface area contributed by atoms with Crippen molar-refractivity contribution in [1.82, 2.24) is 10.6 Å². The molecule has 6 heteroatoms. The number of nitrogens with zero attached hydrogens (tertiary/aromatic N) is 1. The van der Waals surface area contributed by atoms with Gasteiger partial charge in [-0.05, 0) is 37.5 Å². The van der Waals surface area contributed by atoms with Crippen molar-refractivity contribution in [2.45, 2.75) is 32.4 Å². The third kappa shape index (κ3) is 6.76. The molecule has 0 aromatic heterocycles. The van der Waals surface area contributed by atoms with E-state index < -0.39 is 0 Å². The second-order valence-corrected chi connectivity index (χ2v) is 5.83. The Morgan fingerprint density at radius 2 is 2.12 bits per heavy atom. The van der Waals surface area contributed by atoms with Crippen LogP contribution in [0.5, 0.6) is 0 Å². The number of guanidine groups is 1. The van der Waals surface area contributed by atoms with E-state index in [0.29, 0.717) is 19.3 Å². The minimum Gasteiger partial charge on any atom is -0.383 e. The largest absolute Gasteiger partial charge is 0.383 e. The lowest BCUT2D eigenvalue weighted by Crippen LogP contribution is -2.41. The van der Waals surface area contributed by atoms with Crippen molar-refractivity contribution >= 4 is 11.6 Å². The zero-order valence-corrected chi connectivity index (χ0v) is 14.8. The van der Waals surface area contributed by atoms with Crippen molar-refractivity contribution in [2.75, 3.05) is 45.3 Å². The molecule has 0 amide bonds. The molecule has 6 nitrogen and oxygen atoms in total.